The van der Waals surface area contributed by atoms with Gasteiger partial charge in [-0.3, -0.25) is 4.72 Å². The van der Waals surface area contributed by atoms with Crippen molar-refractivity contribution in [3.05, 3.63) is 40.7 Å². The predicted molar refractivity (Wildman–Crippen MR) is 124 cm³/mol. The Morgan fingerprint density at radius 3 is 2.52 bits per heavy atom. The third kappa shape index (κ3) is 5.06. The van der Waals surface area contributed by atoms with Gasteiger partial charge in [-0.15, -0.1) is 0 Å². The molecule has 1 fully saturated rings. The summed E-state index contributed by atoms with van der Waals surface area (Å²) in [7, 11) is -4.13. The molecule has 184 valence electrons. The average Bonchev–Trinajstić information content (AvgIpc) is 3.09. The Morgan fingerprint density at radius 2 is 1.97 bits per heavy atom. The van der Waals surface area contributed by atoms with E-state index in [-0.39, 0.29) is 41.8 Å². The van der Waals surface area contributed by atoms with Crippen molar-refractivity contribution < 1.29 is 31.8 Å². The molecule has 1 aliphatic carbocycles. The van der Waals surface area contributed by atoms with E-state index in [1.807, 2.05) is 20.8 Å². The Bertz CT molecular complexity index is 1030. The van der Waals surface area contributed by atoms with Crippen molar-refractivity contribution in [2.45, 2.75) is 82.5 Å². The molecule has 1 N–H and O–H groups in total. The zero-order chi connectivity index (χ0) is 24.4. The first kappa shape index (κ1) is 25.9. The van der Waals surface area contributed by atoms with Gasteiger partial charge in [0.05, 0.1) is 34.6 Å². The first-order chi connectivity index (χ1) is 15.5. The molecule has 1 aromatic carbocycles. The first-order valence-electron chi connectivity index (χ1n) is 11.3. The van der Waals surface area contributed by atoms with E-state index in [2.05, 4.69) is 4.72 Å². The molecule has 3 unspecified atom stereocenters. The van der Waals surface area contributed by atoms with Gasteiger partial charge in [-0.25, -0.2) is 17.6 Å². The minimum atomic E-state index is -4.13. The highest BCUT2D eigenvalue weighted by Gasteiger charge is 2.56. The van der Waals surface area contributed by atoms with E-state index in [1.54, 1.807) is 6.92 Å². The van der Waals surface area contributed by atoms with Crippen LogP contribution in [0, 0.1) is 5.82 Å². The molecule has 1 aliphatic heterocycles. The average molecular weight is 504 g/mol. The van der Waals surface area contributed by atoms with Crippen LogP contribution in [-0.2, 0) is 29.0 Å². The van der Waals surface area contributed by atoms with Crippen molar-refractivity contribution >= 4 is 33.3 Å². The molecule has 1 heterocycles. The summed E-state index contributed by atoms with van der Waals surface area (Å²) < 4.78 is 60.3. The highest BCUT2D eigenvalue weighted by Crippen LogP contribution is 2.48. The first-order valence-corrected chi connectivity index (χ1v) is 13.2. The highest BCUT2D eigenvalue weighted by molar-refractivity contribution is 7.93. The number of anilines is 1. The van der Waals surface area contributed by atoms with Crippen LogP contribution in [0.3, 0.4) is 0 Å². The van der Waals surface area contributed by atoms with Crippen LogP contribution in [0.15, 0.2) is 29.8 Å². The lowest BCUT2D eigenvalue weighted by Gasteiger charge is -2.35. The fourth-order valence-corrected chi connectivity index (χ4v) is 6.50. The van der Waals surface area contributed by atoms with E-state index in [9.17, 15) is 17.6 Å². The van der Waals surface area contributed by atoms with E-state index in [4.69, 9.17) is 25.8 Å². The second-order valence-corrected chi connectivity index (χ2v) is 10.6. The van der Waals surface area contributed by atoms with Crippen LogP contribution >= 0.6 is 11.6 Å². The normalized spacial score (nSPS) is 26.8. The summed E-state index contributed by atoms with van der Waals surface area (Å²) in [5.41, 5.74) is -0.542. The molecular weight excluding hydrogens is 473 g/mol. The van der Waals surface area contributed by atoms with E-state index < -0.39 is 38.4 Å². The molecule has 0 bridgehead atoms. The SMILES string of the molecule is CCOC(=O)C1=CC2(CCC1S(=O)(=O)Nc1ccc(F)cc1Cl)OC(CC)C(CC)(CC)O2. The van der Waals surface area contributed by atoms with Crippen molar-refractivity contribution in [2.24, 2.45) is 0 Å². The van der Waals surface area contributed by atoms with Gasteiger partial charge >= 0.3 is 5.97 Å². The number of carbonyl (C=O) groups excluding carboxylic acids is 1. The number of carbonyl (C=O) groups is 1. The van der Waals surface area contributed by atoms with Crippen LogP contribution in [0.5, 0.6) is 0 Å². The van der Waals surface area contributed by atoms with Crippen molar-refractivity contribution in [1.29, 1.82) is 0 Å². The largest absolute Gasteiger partial charge is 0.463 e. The molecule has 0 saturated carbocycles. The molecule has 33 heavy (non-hydrogen) atoms. The minimum Gasteiger partial charge on any atom is -0.463 e. The molecule has 3 rings (SSSR count). The summed E-state index contributed by atoms with van der Waals surface area (Å²) in [4.78, 5) is 12.8. The predicted octanol–water partition coefficient (Wildman–Crippen LogP) is 4.95. The summed E-state index contributed by atoms with van der Waals surface area (Å²) in [5, 5.41) is -1.30. The van der Waals surface area contributed by atoms with Crippen LogP contribution in [0.1, 0.15) is 59.8 Å². The topological polar surface area (TPSA) is 90.9 Å². The van der Waals surface area contributed by atoms with Crippen molar-refractivity contribution in [3.63, 3.8) is 0 Å². The van der Waals surface area contributed by atoms with Crippen molar-refractivity contribution in [3.8, 4) is 0 Å². The number of ether oxygens (including phenoxy) is 3. The minimum absolute atomic E-state index is 0.0250. The fourth-order valence-electron chi connectivity index (χ4n) is 4.67. The number of nitrogens with one attached hydrogen (secondary N) is 1. The van der Waals surface area contributed by atoms with E-state index in [0.29, 0.717) is 0 Å². The maximum absolute atomic E-state index is 13.4. The molecule has 1 saturated heterocycles. The Kier molecular flexibility index (Phi) is 7.78. The monoisotopic (exact) mass is 503 g/mol. The smallest absolute Gasteiger partial charge is 0.335 e. The number of halogens is 2. The third-order valence-corrected chi connectivity index (χ3v) is 8.47. The van der Waals surface area contributed by atoms with Crippen LogP contribution in [0.2, 0.25) is 5.02 Å². The van der Waals surface area contributed by atoms with Gasteiger partial charge in [0.25, 0.3) is 0 Å². The maximum Gasteiger partial charge on any atom is 0.335 e. The maximum atomic E-state index is 13.4. The van der Waals surface area contributed by atoms with Gasteiger partial charge in [-0.2, -0.15) is 0 Å². The van der Waals surface area contributed by atoms with Crippen LogP contribution in [0.4, 0.5) is 10.1 Å². The van der Waals surface area contributed by atoms with Crippen molar-refractivity contribution in [2.75, 3.05) is 11.3 Å². The number of sulfonamides is 1. The summed E-state index contributed by atoms with van der Waals surface area (Å²) in [5.74, 6) is -2.54. The zero-order valence-electron chi connectivity index (χ0n) is 19.3. The van der Waals surface area contributed by atoms with Crippen LogP contribution in [0.25, 0.3) is 0 Å². The van der Waals surface area contributed by atoms with Gasteiger partial charge in [0, 0.05) is 6.42 Å². The van der Waals surface area contributed by atoms with Gasteiger partial charge < -0.3 is 14.2 Å². The lowest BCUT2D eigenvalue weighted by molar-refractivity contribution is -0.165. The van der Waals surface area contributed by atoms with E-state index in [0.717, 1.165) is 31.4 Å². The van der Waals surface area contributed by atoms with Crippen LogP contribution < -0.4 is 4.72 Å². The molecule has 0 aromatic heterocycles. The Morgan fingerprint density at radius 1 is 1.27 bits per heavy atom. The Balaban J connectivity index is 1.99. The van der Waals surface area contributed by atoms with E-state index in [1.165, 1.54) is 12.1 Å². The number of rotatable bonds is 8. The zero-order valence-corrected chi connectivity index (χ0v) is 20.9. The Labute approximate surface area is 199 Å². The highest BCUT2D eigenvalue weighted by atomic mass is 35.5. The van der Waals surface area contributed by atoms with E-state index >= 15 is 0 Å². The lowest BCUT2D eigenvalue weighted by atomic mass is 9.89. The van der Waals surface area contributed by atoms with Gasteiger partial charge in [-0.1, -0.05) is 32.4 Å². The molecule has 1 spiro atoms. The van der Waals surface area contributed by atoms with Gasteiger partial charge in [-0.05, 0) is 56.9 Å². The number of esters is 1. The summed E-state index contributed by atoms with van der Waals surface area (Å²) >= 11 is 6.00. The molecule has 3 atom stereocenters. The molecular formula is C23H31ClFNO6S. The van der Waals surface area contributed by atoms with Gasteiger partial charge in [0.1, 0.15) is 11.1 Å². The number of hydrogen-bond acceptors (Lipinski definition) is 6. The standard InChI is InChI=1S/C23H31ClFNO6S/c1-5-20-22(6-2,7-3)32-23(31-20)12-11-19(16(14-23)21(27)30-8-4)33(28,29)26-18-10-9-15(25)13-17(18)24/h9-10,13-14,19-20,26H,5-8,11-12H2,1-4H3. The van der Waals surface area contributed by atoms with Gasteiger partial charge in [0.15, 0.2) is 5.79 Å². The molecule has 1 aromatic rings. The second-order valence-electron chi connectivity index (χ2n) is 8.32. The Hall–Kier alpha value is -1.68. The van der Waals surface area contributed by atoms with Gasteiger partial charge in [0.2, 0.25) is 10.0 Å². The number of benzene rings is 1. The third-order valence-electron chi connectivity index (χ3n) is 6.42. The lowest BCUT2D eigenvalue weighted by Crippen LogP contribution is -2.43. The quantitative estimate of drug-likeness (QED) is 0.504. The summed E-state index contributed by atoms with van der Waals surface area (Å²) in [6.07, 6.45) is 3.77. The van der Waals surface area contributed by atoms with Crippen molar-refractivity contribution in [1.82, 2.24) is 0 Å². The molecule has 0 radical (unpaired) electrons. The molecule has 0 amide bonds. The summed E-state index contributed by atoms with van der Waals surface area (Å²) in [6.45, 7) is 7.79. The fraction of sp³-hybridized carbons (Fsp3) is 0.609. The van der Waals surface area contributed by atoms with Crippen LogP contribution in [-0.4, -0.2) is 43.7 Å². The number of hydrogen-bond donors (Lipinski definition) is 1. The molecule has 2 aliphatic rings. The molecule has 7 nitrogen and oxygen atoms in total. The second kappa shape index (κ2) is 9.90. The molecule has 10 heteroatoms. The summed E-state index contributed by atoms with van der Waals surface area (Å²) in [6, 6.07) is 3.35.